The van der Waals surface area contributed by atoms with Gasteiger partial charge in [0.15, 0.2) is 6.29 Å². The van der Waals surface area contributed by atoms with Crippen LogP contribution in [0.3, 0.4) is 0 Å². The zero-order valence-electron chi connectivity index (χ0n) is 18.9. The third kappa shape index (κ3) is 4.16. The summed E-state index contributed by atoms with van der Waals surface area (Å²) in [4.78, 5) is 19.6. The minimum atomic E-state index is -3.92. The third-order valence-corrected chi connectivity index (χ3v) is 7.50. The van der Waals surface area contributed by atoms with Gasteiger partial charge in [-0.15, -0.1) is 0 Å². The molecule has 0 N–H and O–H groups in total. The number of anilines is 1. The van der Waals surface area contributed by atoms with Crippen molar-refractivity contribution in [1.29, 1.82) is 0 Å². The number of ether oxygens (including phenoxy) is 1. The molecule has 32 heavy (non-hydrogen) atoms. The van der Waals surface area contributed by atoms with Gasteiger partial charge in [0.2, 0.25) is 0 Å². The van der Waals surface area contributed by atoms with Crippen LogP contribution >= 0.6 is 0 Å². The smallest absolute Gasteiger partial charge is 0.330 e. The number of carbonyl (C=O) groups excluding carboxylic acids is 1. The van der Waals surface area contributed by atoms with Gasteiger partial charge in [-0.25, -0.2) is 13.9 Å². The van der Waals surface area contributed by atoms with Gasteiger partial charge in [0.25, 0.3) is 0 Å². The molecule has 2 aromatic heterocycles. The van der Waals surface area contributed by atoms with Crippen LogP contribution in [0.1, 0.15) is 49.9 Å². The third-order valence-electron chi connectivity index (χ3n) is 5.86. The first-order valence-electron chi connectivity index (χ1n) is 10.7. The average molecular weight is 460 g/mol. The number of imidazole rings is 2. The Labute approximate surface area is 188 Å². The van der Waals surface area contributed by atoms with Gasteiger partial charge in [-0.2, -0.15) is 8.42 Å². The Kier molecular flexibility index (Phi) is 5.85. The molecule has 0 unspecified atom stereocenters. The first-order chi connectivity index (χ1) is 15.1. The van der Waals surface area contributed by atoms with Crippen LogP contribution in [-0.2, 0) is 26.9 Å². The van der Waals surface area contributed by atoms with Gasteiger partial charge >= 0.3 is 10.2 Å². The lowest BCUT2D eigenvalue weighted by atomic mass is 9.94. The van der Waals surface area contributed by atoms with Crippen LogP contribution < -0.4 is 4.31 Å². The molecule has 0 spiro atoms. The van der Waals surface area contributed by atoms with Crippen molar-refractivity contribution in [2.24, 2.45) is 5.92 Å². The highest BCUT2D eigenvalue weighted by Gasteiger charge is 2.27. The zero-order valence-corrected chi connectivity index (χ0v) is 19.7. The molecule has 0 radical (unpaired) electrons. The summed E-state index contributed by atoms with van der Waals surface area (Å²) >= 11 is 0. The molecule has 0 saturated carbocycles. The second-order valence-corrected chi connectivity index (χ2v) is 11.1. The maximum absolute atomic E-state index is 13.0. The Morgan fingerprint density at radius 2 is 1.97 bits per heavy atom. The van der Waals surface area contributed by atoms with Crippen LogP contribution in [-0.4, -0.2) is 53.5 Å². The fraction of sp³-hybridized carbons (Fsp3) is 0.500. The maximum atomic E-state index is 13.0. The number of hydrogen-bond donors (Lipinski definition) is 0. The second-order valence-electron chi connectivity index (χ2n) is 9.25. The molecular formula is C22H29N5O4S. The molecule has 0 aliphatic carbocycles. The molecule has 10 heteroatoms. The van der Waals surface area contributed by atoms with Crippen molar-refractivity contribution in [2.75, 3.05) is 24.6 Å². The van der Waals surface area contributed by atoms with Crippen LogP contribution in [0.2, 0.25) is 0 Å². The molecule has 1 aliphatic heterocycles. The van der Waals surface area contributed by atoms with Gasteiger partial charge < -0.3 is 9.30 Å². The number of hydrogen-bond acceptors (Lipinski definition) is 6. The van der Waals surface area contributed by atoms with Crippen molar-refractivity contribution in [3.63, 3.8) is 0 Å². The summed E-state index contributed by atoms with van der Waals surface area (Å²) in [6, 6.07) is 5.51. The number of benzene rings is 1. The molecule has 3 heterocycles. The highest BCUT2D eigenvalue weighted by Crippen LogP contribution is 2.31. The molecule has 3 aromatic rings. The predicted octanol–water partition coefficient (Wildman–Crippen LogP) is 3.00. The number of aldehydes is 1. The van der Waals surface area contributed by atoms with Crippen LogP contribution in [0.15, 0.2) is 30.7 Å². The lowest BCUT2D eigenvalue weighted by Crippen LogP contribution is -2.31. The highest BCUT2D eigenvalue weighted by atomic mass is 32.2. The molecule has 1 aromatic carbocycles. The van der Waals surface area contributed by atoms with E-state index in [9.17, 15) is 13.2 Å². The average Bonchev–Trinajstić information content (AvgIpc) is 3.39. The van der Waals surface area contributed by atoms with E-state index < -0.39 is 10.2 Å². The standard InChI is InChI=1S/C22H29N5O4S/c1-22(2,3)21-24-19-11-18(25(4)32(29,30)26-13-17(14-28)23-15-26)5-6-20(19)27(21)12-16-7-9-31-10-8-16/h5-6,11,13-16H,7-10,12H2,1-4H3. The number of nitrogens with zero attached hydrogens (tertiary/aromatic N) is 5. The summed E-state index contributed by atoms with van der Waals surface area (Å²) in [6.45, 7) is 8.84. The highest BCUT2D eigenvalue weighted by molar-refractivity contribution is 7.91. The summed E-state index contributed by atoms with van der Waals surface area (Å²) in [7, 11) is -2.45. The van der Waals surface area contributed by atoms with Gasteiger partial charge in [-0.1, -0.05) is 20.8 Å². The molecule has 4 rings (SSSR count). The molecular weight excluding hydrogens is 430 g/mol. The molecule has 1 saturated heterocycles. The van der Waals surface area contributed by atoms with E-state index in [0.717, 1.165) is 64.1 Å². The van der Waals surface area contributed by atoms with Gasteiger partial charge in [0.1, 0.15) is 17.8 Å². The zero-order chi connectivity index (χ0) is 23.1. The van der Waals surface area contributed by atoms with E-state index in [-0.39, 0.29) is 11.1 Å². The van der Waals surface area contributed by atoms with Gasteiger partial charge in [0, 0.05) is 32.2 Å². The Hall–Kier alpha value is -2.72. The predicted molar refractivity (Wildman–Crippen MR) is 122 cm³/mol. The second kappa shape index (κ2) is 8.32. The largest absolute Gasteiger partial charge is 0.381 e. The Morgan fingerprint density at radius 1 is 1.25 bits per heavy atom. The lowest BCUT2D eigenvalue weighted by molar-refractivity contribution is 0.0611. The van der Waals surface area contributed by atoms with E-state index in [0.29, 0.717) is 17.9 Å². The van der Waals surface area contributed by atoms with Crippen molar-refractivity contribution in [3.8, 4) is 0 Å². The molecule has 1 fully saturated rings. The van der Waals surface area contributed by atoms with Crippen LogP contribution in [0.25, 0.3) is 11.0 Å². The Bertz CT molecular complexity index is 1230. The van der Waals surface area contributed by atoms with Crippen LogP contribution in [0.4, 0.5) is 5.69 Å². The monoisotopic (exact) mass is 459 g/mol. The van der Waals surface area contributed by atoms with Crippen molar-refractivity contribution in [2.45, 2.75) is 45.6 Å². The van der Waals surface area contributed by atoms with Crippen molar-refractivity contribution in [1.82, 2.24) is 18.5 Å². The summed E-state index contributed by atoms with van der Waals surface area (Å²) in [5.41, 5.74) is 2.11. The summed E-state index contributed by atoms with van der Waals surface area (Å²) in [6.07, 6.45) is 4.87. The van der Waals surface area contributed by atoms with Gasteiger partial charge in [-0.05, 0) is 37.0 Å². The van der Waals surface area contributed by atoms with Crippen molar-refractivity contribution < 1.29 is 17.9 Å². The topological polar surface area (TPSA) is 99.3 Å². The van der Waals surface area contributed by atoms with Gasteiger partial charge in [-0.3, -0.25) is 9.10 Å². The molecule has 9 nitrogen and oxygen atoms in total. The summed E-state index contributed by atoms with van der Waals surface area (Å²) in [5.74, 6) is 1.50. The Morgan fingerprint density at radius 3 is 2.59 bits per heavy atom. The van der Waals surface area contributed by atoms with E-state index >= 15 is 0 Å². The molecule has 0 amide bonds. The molecule has 172 valence electrons. The van der Waals surface area contributed by atoms with E-state index in [1.54, 1.807) is 12.1 Å². The maximum Gasteiger partial charge on any atom is 0.330 e. The quantitative estimate of drug-likeness (QED) is 0.526. The molecule has 0 bridgehead atoms. The van der Waals surface area contributed by atoms with Crippen LogP contribution in [0, 0.1) is 5.92 Å². The van der Waals surface area contributed by atoms with E-state index in [4.69, 9.17) is 9.72 Å². The summed E-state index contributed by atoms with van der Waals surface area (Å²) < 4.78 is 35.9. The Balaban J connectivity index is 1.73. The van der Waals surface area contributed by atoms with Gasteiger partial charge in [0.05, 0.1) is 22.9 Å². The fourth-order valence-electron chi connectivity index (χ4n) is 4.04. The first kappa shape index (κ1) is 22.5. The van der Waals surface area contributed by atoms with E-state index in [1.807, 2.05) is 6.07 Å². The molecule has 1 aliphatic rings. The van der Waals surface area contributed by atoms with Crippen molar-refractivity contribution in [3.05, 3.63) is 42.2 Å². The molecule has 0 atom stereocenters. The lowest BCUT2D eigenvalue weighted by Gasteiger charge is -2.26. The fourth-order valence-corrected chi connectivity index (χ4v) is 5.11. The van der Waals surface area contributed by atoms with Crippen LogP contribution in [0.5, 0.6) is 0 Å². The van der Waals surface area contributed by atoms with E-state index in [2.05, 4.69) is 30.3 Å². The number of carbonyl (C=O) groups is 1. The minimum absolute atomic E-state index is 0.0547. The number of aromatic nitrogens is 4. The van der Waals surface area contributed by atoms with E-state index in [1.165, 1.54) is 13.2 Å². The minimum Gasteiger partial charge on any atom is -0.381 e. The summed E-state index contributed by atoms with van der Waals surface area (Å²) in [5, 5.41) is 0. The SMILES string of the molecule is CN(c1ccc2c(c1)nc(C(C)(C)C)n2CC1CCOCC1)S(=O)(=O)n1cnc(C=O)c1. The number of fused-ring (bicyclic) bond motifs is 1. The number of rotatable bonds is 6. The first-order valence-corrected chi connectivity index (χ1v) is 12.1. The normalized spacial score (nSPS) is 15.9. The van der Waals surface area contributed by atoms with Crippen molar-refractivity contribution >= 4 is 33.2 Å².